The number of hydrogen-bond acceptors (Lipinski definition) is 1. The zero-order valence-corrected chi connectivity index (χ0v) is 12.3. The summed E-state index contributed by atoms with van der Waals surface area (Å²) in [5.74, 6) is 0.935. The zero-order chi connectivity index (χ0) is 12.2. The van der Waals surface area contributed by atoms with E-state index in [1.165, 1.54) is 5.56 Å². The maximum atomic E-state index is 6.47. The highest BCUT2D eigenvalue weighted by Crippen LogP contribution is 2.24. The van der Waals surface area contributed by atoms with E-state index >= 15 is 0 Å². The van der Waals surface area contributed by atoms with Gasteiger partial charge in [-0.05, 0) is 25.5 Å². The molecule has 1 aromatic carbocycles. The molecule has 0 spiro atoms. The second-order valence-electron chi connectivity index (χ2n) is 4.77. The van der Waals surface area contributed by atoms with E-state index in [0.717, 1.165) is 18.6 Å². The van der Waals surface area contributed by atoms with E-state index < -0.39 is 7.38 Å². The molecule has 0 aromatic heterocycles. The Morgan fingerprint density at radius 1 is 1.25 bits per heavy atom. The Kier molecular flexibility index (Phi) is 4.87. The fourth-order valence-corrected chi connectivity index (χ4v) is 3.44. The molecule has 90 valence electrons. The number of ether oxygens (including phenoxy) is 1. The van der Waals surface area contributed by atoms with Crippen LogP contribution in [0.1, 0.15) is 25.3 Å². The van der Waals surface area contributed by atoms with Crippen LogP contribution in [0.2, 0.25) is 13.1 Å². The van der Waals surface area contributed by atoms with E-state index in [9.17, 15) is 0 Å². The summed E-state index contributed by atoms with van der Waals surface area (Å²) in [6, 6.07) is 8.19. The van der Waals surface area contributed by atoms with Crippen molar-refractivity contribution in [1.82, 2.24) is 0 Å². The first-order chi connectivity index (χ1) is 7.43. The highest BCUT2D eigenvalue weighted by molar-refractivity contribution is 7.19. The van der Waals surface area contributed by atoms with Crippen LogP contribution in [0.4, 0.5) is 0 Å². The molecular weight excluding hydrogens is 236 g/mol. The number of halogens is 1. The SMILES string of the molecule is CCCC(Oc1ccc(C)cc1)[Si](C)(C)Cl. The van der Waals surface area contributed by atoms with Gasteiger partial charge in [0.05, 0.1) is 0 Å². The Morgan fingerprint density at radius 3 is 2.25 bits per heavy atom. The van der Waals surface area contributed by atoms with Crippen LogP contribution < -0.4 is 4.74 Å². The van der Waals surface area contributed by atoms with Crippen LogP contribution in [0.3, 0.4) is 0 Å². The molecule has 0 aliphatic heterocycles. The van der Waals surface area contributed by atoms with Crippen LogP contribution >= 0.6 is 11.1 Å². The van der Waals surface area contributed by atoms with Gasteiger partial charge in [0.25, 0.3) is 0 Å². The van der Waals surface area contributed by atoms with Gasteiger partial charge in [-0.1, -0.05) is 44.1 Å². The molecular formula is C13H21ClOSi. The van der Waals surface area contributed by atoms with Crippen molar-refractivity contribution in [2.75, 3.05) is 0 Å². The lowest BCUT2D eigenvalue weighted by Gasteiger charge is -2.27. The third kappa shape index (κ3) is 4.18. The normalized spacial score (nSPS) is 13.6. The van der Waals surface area contributed by atoms with E-state index in [1.54, 1.807) is 0 Å². The molecule has 16 heavy (non-hydrogen) atoms. The maximum Gasteiger partial charge on any atom is 0.194 e. The molecule has 0 heterocycles. The number of benzene rings is 1. The summed E-state index contributed by atoms with van der Waals surface area (Å²) in [7, 11) is -1.75. The predicted octanol–water partition coefficient (Wildman–Crippen LogP) is 4.53. The van der Waals surface area contributed by atoms with Crippen LogP contribution in [-0.2, 0) is 0 Å². The first-order valence-corrected chi connectivity index (χ1v) is 9.94. The van der Waals surface area contributed by atoms with Gasteiger partial charge in [0.2, 0.25) is 0 Å². The third-order valence-electron chi connectivity index (χ3n) is 2.62. The Labute approximate surface area is 104 Å². The van der Waals surface area contributed by atoms with E-state index in [1.807, 2.05) is 12.1 Å². The van der Waals surface area contributed by atoms with Crippen molar-refractivity contribution in [3.05, 3.63) is 29.8 Å². The molecule has 1 atom stereocenters. The van der Waals surface area contributed by atoms with Gasteiger partial charge in [-0.25, -0.2) is 0 Å². The average Bonchev–Trinajstić information content (AvgIpc) is 2.19. The van der Waals surface area contributed by atoms with E-state index in [-0.39, 0.29) is 5.73 Å². The molecule has 1 rings (SSSR count). The fraction of sp³-hybridized carbons (Fsp3) is 0.538. The Morgan fingerprint density at radius 2 is 1.81 bits per heavy atom. The smallest absolute Gasteiger partial charge is 0.194 e. The van der Waals surface area contributed by atoms with Crippen molar-refractivity contribution in [3.63, 3.8) is 0 Å². The largest absolute Gasteiger partial charge is 0.493 e. The first-order valence-electron chi connectivity index (χ1n) is 5.85. The summed E-state index contributed by atoms with van der Waals surface area (Å²) in [4.78, 5) is 0. The molecule has 0 amide bonds. The minimum absolute atomic E-state index is 0.196. The summed E-state index contributed by atoms with van der Waals surface area (Å²) in [6.07, 6.45) is 2.15. The van der Waals surface area contributed by atoms with Gasteiger partial charge in [-0.3, -0.25) is 0 Å². The van der Waals surface area contributed by atoms with Crippen LogP contribution in [0.25, 0.3) is 0 Å². The van der Waals surface area contributed by atoms with Gasteiger partial charge in [-0.15, -0.1) is 0 Å². The Hall–Kier alpha value is -0.473. The summed E-state index contributed by atoms with van der Waals surface area (Å²) in [5.41, 5.74) is 1.45. The molecule has 0 N–H and O–H groups in total. The molecule has 0 bridgehead atoms. The van der Waals surface area contributed by atoms with Gasteiger partial charge in [0.15, 0.2) is 7.38 Å². The Balaban J connectivity index is 2.72. The molecule has 0 saturated carbocycles. The number of rotatable bonds is 5. The third-order valence-corrected chi connectivity index (χ3v) is 5.28. The number of aryl methyl sites for hydroxylation is 1. The molecule has 0 aliphatic carbocycles. The lowest BCUT2D eigenvalue weighted by atomic mass is 10.2. The molecule has 1 nitrogen and oxygen atoms in total. The molecule has 0 radical (unpaired) electrons. The minimum Gasteiger partial charge on any atom is -0.493 e. The van der Waals surface area contributed by atoms with Crippen LogP contribution in [0.15, 0.2) is 24.3 Å². The van der Waals surface area contributed by atoms with Gasteiger partial charge >= 0.3 is 0 Å². The monoisotopic (exact) mass is 256 g/mol. The maximum absolute atomic E-state index is 6.47. The predicted molar refractivity (Wildman–Crippen MR) is 73.8 cm³/mol. The molecule has 0 fully saturated rings. The molecule has 3 heteroatoms. The van der Waals surface area contributed by atoms with Crippen molar-refractivity contribution in [2.45, 2.75) is 45.5 Å². The van der Waals surface area contributed by atoms with E-state index in [0.29, 0.717) is 0 Å². The Bertz CT molecular complexity index is 316. The van der Waals surface area contributed by atoms with Crippen molar-refractivity contribution in [3.8, 4) is 5.75 Å². The van der Waals surface area contributed by atoms with Crippen LogP contribution in [0, 0.1) is 6.92 Å². The quantitative estimate of drug-likeness (QED) is 0.556. The highest BCUT2D eigenvalue weighted by atomic mass is 35.6. The van der Waals surface area contributed by atoms with Gasteiger partial charge in [0.1, 0.15) is 11.5 Å². The van der Waals surface area contributed by atoms with E-state index in [4.69, 9.17) is 15.8 Å². The fourth-order valence-electron chi connectivity index (χ4n) is 1.59. The molecule has 0 aliphatic rings. The second kappa shape index (κ2) is 5.74. The summed E-state index contributed by atoms with van der Waals surface area (Å²) in [6.45, 7) is 8.53. The second-order valence-corrected chi connectivity index (χ2v) is 11.5. The summed E-state index contributed by atoms with van der Waals surface area (Å²) in [5, 5.41) is 0. The van der Waals surface area contributed by atoms with Gasteiger partial charge in [-0.2, -0.15) is 11.1 Å². The molecule has 0 saturated heterocycles. The summed E-state index contributed by atoms with van der Waals surface area (Å²) >= 11 is 6.47. The molecule has 1 aromatic rings. The first kappa shape index (κ1) is 13.6. The van der Waals surface area contributed by atoms with Gasteiger partial charge in [0, 0.05) is 0 Å². The lowest BCUT2D eigenvalue weighted by molar-refractivity contribution is 0.259. The van der Waals surface area contributed by atoms with Crippen molar-refractivity contribution in [2.24, 2.45) is 0 Å². The van der Waals surface area contributed by atoms with Crippen LogP contribution in [0.5, 0.6) is 5.75 Å². The minimum atomic E-state index is -1.75. The van der Waals surface area contributed by atoms with Crippen molar-refractivity contribution in [1.29, 1.82) is 0 Å². The van der Waals surface area contributed by atoms with Crippen LogP contribution in [-0.4, -0.2) is 13.1 Å². The number of hydrogen-bond donors (Lipinski definition) is 0. The van der Waals surface area contributed by atoms with Gasteiger partial charge < -0.3 is 4.74 Å². The highest BCUT2D eigenvalue weighted by Gasteiger charge is 2.31. The van der Waals surface area contributed by atoms with Crippen molar-refractivity contribution >= 4 is 18.5 Å². The topological polar surface area (TPSA) is 9.23 Å². The van der Waals surface area contributed by atoms with E-state index in [2.05, 4.69) is 39.1 Å². The summed E-state index contributed by atoms with van der Waals surface area (Å²) < 4.78 is 6.00. The molecule has 1 unspecified atom stereocenters. The average molecular weight is 257 g/mol. The zero-order valence-electron chi connectivity index (χ0n) is 10.6. The van der Waals surface area contributed by atoms with Crippen molar-refractivity contribution < 1.29 is 4.74 Å². The standard InChI is InChI=1S/C13H21ClOSi/c1-5-6-13(16(3,4)14)15-12-9-7-11(2)8-10-12/h7-10,13H,5-6H2,1-4H3. The lowest BCUT2D eigenvalue weighted by Crippen LogP contribution is -2.40.